The first-order valence-electron chi connectivity index (χ1n) is 13.2. The number of fused-ring (bicyclic) bond motifs is 5. The van der Waals surface area contributed by atoms with Gasteiger partial charge in [0, 0.05) is 24.5 Å². The zero-order chi connectivity index (χ0) is 25.8. The average molecular weight is 504 g/mol. The van der Waals surface area contributed by atoms with Crippen LogP contribution >= 0.6 is 0 Å². The number of hydrogen-bond acceptors (Lipinski definition) is 6. The molecule has 2 unspecified atom stereocenters. The molecule has 2 aliphatic heterocycles. The van der Waals surface area contributed by atoms with E-state index in [-0.39, 0.29) is 18.0 Å². The van der Waals surface area contributed by atoms with Gasteiger partial charge in [-0.25, -0.2) is 9.67 Å². The first-order chi connectivity index (χ1) is 18.6. The molecule has 1 aliphatic carbocycles. The summed E-state index contributed by atoms with van der Waals surface area (Å²) < 4.78 is 1.97. The maximum atomic E-state index is 13.7. The highest BCUT2D eigenvalue weighted by Gasteiger charge is 2.49. The first kappa shape index (κ1) is 22.7. The van der Waals surface area contributed by atoms with Gasteiger partial charge in [-0.2, -0.15) is 5.10 Å². The van der Waals surface area contributed by atoms with Crippen molar-refractivity contribution in [1.82, 2.24) is 19.7 Å². The molecule has 0 saturated heterocycles. The molecule has 3 aliphatic rings. The molecule has 0 radical (unpaired) electrons. The fourth-order valence-electron chi connectivity index (χ4n) is 5.89. The predicted octanol–water partition coefficient (Wildman–Crippen LogP) is 5.23. The minimum Gasteiger partial charge on any atom is -0.338 e. The van der Waals surface area contributed by atoms with E-state index < -0.39 is 0 Å². The number of benzene rings is 2. The van der Waals surface area contributed by atoms with Crippen LogP contribution in [-0.2, 0) is 6.54 Å². The quantitative estimate of drug-likeness (QED) is 0.404. The first-order valence-corrected chi connectivity index (χ1v) is 13.2. The van der Waals surface area contributed by atoms with Crippen molar-refractivity contribution in [3.63, 3.8) is 0 Å². The van der Waals surface area contributed by atoms with E-state index in [0.717, 1.165) is 53.5 Å². The van der Waals surface area contributed by atoms with E-state index in [9.17, 15) is 4.79 Å². The average Bonchev–Trinajstić information content (AvgIpc) is 3.62. The number of para-hydroxylation sites is 1. The van der Waals surface area contributed by atoms with Crippen molar-refractivity contribution in [2.24, 2.45) is 4.99 Å². The third-order valence-corrected chi connectivity index (χ3v) is 7.78. The number of nitrogens with zero attached hydrogens (tertiary/aromatic N) is 6. The molecule has 1 saturated carbocycles. The predicted molar refractivity (Wildman–Crippen MR) is 149 cm³/mol. The fourth-order valence-corrected chi connectivity index (χ4v) is 5.89. The van der Waals surface area contributed by atoms with Crippen molar-refractivity contribution in [2.45, 2.75) is 44.8 Å². The largest absolute Gasteiger partial charge is 0.338 e. The van der Waals surface area contributed by atoms with Gasteiger partial charge in [-0.3, -0.25) is 19.6 Å². The lowest BCUT2D eigenvalue weighted by Gasteiger charge is -2.35. The Hall–Kier alpha value is -4.46. The summed E-state index contributed by atoms with van der Waals surface area (Å²) >= 11 is 0. The lowest BCUT2D eigenvalue weighted by molar-refractivity contribution is 0.0865. The van der Waals surface area contributed by atoms with Crippen LogP contribution in [0.15, 0.2) is 77.9 Å². The standard InChI is InChI=1S/C30H29N7O/c1-19-15-16-31-24(17-19)21-13-11-20(12-14-21)18-36-28-26(27(34-36)32-22-7-4-3-5-8-22)29(38)35(2)30-33-23-9-6-10-25(23)37(28)30/h3-5,7-8,11-17,23,25H,6,9-10,18H2,1-2H3,(H,32,34). The summed E-state index contributed by atoms with van der Waals surface area (Å²) in [5.41, 5.74) is 5.81. The molecule has 8 nitrogen and oxygen atoms in total. The number of amides is 1. The smallest absolute Gasteiger partial charge is 0.267 e. The second-order valence-corrected chi connectivity index (χ2v) is 10.3. The van der Waals surface area contributed by atoms with Gasteiger partial charge in [-0.1, -0.05) is 42.5 Å². The normalized spacial score (nSPS) is 19.7. The van der Waals surface area contributed by atoms with Crippen molar-refractivity contribution >= 4 is 29.2 Å². The van der Waals surface area contributed by atoms with Crippen LogP contribution < -0.4 is 10.2 Å². The second kappa shape index (κ2) is 8.83. The van der Waals surface area contributed by atoms with Crippen molar-refractivity contribution in [1.29, 1.82) is 0 Å². The summed E-state index contributed by atoms with van der Waals surface area (Å²) in [6, 6.07) is 22.9. The van der Waals surface area contributed by atoms with Crippen LogP contribution in [0, 0.1) is 6.92 Å². The lowest BCUT2D eigenvalue weighted by atomic mass is 10.1. The summed E-state index contributed by atoms with van der Waals surface area (Å²) in [4.78, 5) is 27.2. The van der Waals surface area contributed by atoms with Crippen LogP contribution in [0.3, 0.4) is 0 Å². The van der Waals surface area contributed by atoms with Crippen molar-refractivity contribution < 1.29 is 4.79 Å². The number of hydrogen-bond donors (Lipinski definition) is 1. The van der Waals surface area contributed by atoms with Gasteiger partial charge in [-0.05, 0) is 61.6 Å². The summed E-state index contributed by atoms with van der Waals surface area (Å²) in [6.07, 6.45) is 5.10. The molecule has 0 bridgehead atoms. The minimum atomic E-state index is -0.0828. The van der Waals surface area contributed by atoms with Gasteiger partial charge >= 0.3 is 0 Å². The van der Waals surface area contributed by atoms with E-state index >= 15 is 0 Å². The zero-order valence-electron chi connectivity index (χ0n) is 21.5. The van der Waals surface area contributed by atoms with E-state index in [0.29, 0.717) is 17.9 Å². The number of nitrogens with one attached hydrogen (secondary N) is 1. The molecule has 2 aromatic carbocycles. The molecule has 2 aromatic heterocycles. The maximum absolute atomic E-state index is 13.7. The molecule has 4 aromatic rings. The minimum absolute atomic E-state index is 0.0828. The Kier molecular flexibility index (Phi) is 5.28. The Balaban J connectivity index is 1.30. The van der Waals surface area contributed by atoms with Gasteiger partial charge in [0.1, 0.15) is 11.4 Å². The van der Waals surface area contributed by atoms with Crippen molar-refractivity contribution in [3.8, 4) is 11.3 Å². The number of aryl methyl sites for hydroxylation is 1. The molecule has 1 amide bonds. The third kappa shape index (κ3) is 3.67. The van der Waals surface area contributed by atoms with Crippen LogP contribution in [0.2, 0.25) is 0 Å². The van der Waals surface area contributed by atoms with Crippen molar-refractivity contribution in [2.75, 3.05) is 17.3 Å². The lowest BCUT2D eigenvalue weighted by Crippen LogP contribution is -2.52. The molecule has 1 N–H and O–H groups in total. The fraction of sp³-hybridized carbons (Fsp3) is 0.267. The van der Waals surface area contributed by atoms with Crippen LogP contribution in [0.1, 0.15) is 40.7 Å². The van der Waals surface area contributed by atoms with Crippen LogP contribution in [-0.4, -0.2) is 50.7 Å². The maximum Gasteiger partial charge on any atom is 0.267 e. The zero-order valence-corrected chi connectivity index (χ0v) is 21.5. The molecule has 190 valence electrons. The molecular formula is C30H29N7O. The Morgan fingerprint density at radius 2 is 1.84 bits per heavy atom. The Morgan fingerprint density at radius 3 is 2.63 bits per heavy atom. The summed E-state index contributed by atoms with van der Waals surface area (Å²) in [6.45, 7) is 2.61. The van der Waals surface area contributed by atoms with Gasteiger partial charge in [0.2, 0.25) is 5.96 Å². The topological polar surface area (TPSA) is 78.7 Å². The number of anilines is 3. The molecule has 7 rings (SSSR count). The monoisotopic (exact) mass is 503 g/mol. The SMILES string of the molecule is Cc1ccnc(-c2ccc(Cn3nc(Nc4ccccc4)c4c3N3C(=NC5CCCC53)N(C)C4=O)cc2)c1. The van der Waals surface area contributed by atoms with Gasteiger partial charge in [0.15, 0.2) is 5.82 Å². The van der Waals surface area contributed by atoms with Gasteiger partial charge < -0.3 is 5.32 Å². The van der Waals surface area contributed by atoms with Gasteiger partial charge in [0.25, 0.3) is 5.91 Å². The molecule has 2 atom stereocenters. The number of rotatable bonds is 5. The van der Waals surface area contributed by atoms with E-state index in [2.05, 4.69) is 52.5 Å². The summed E-state index contributed by atoms with van der Waals surface area (Å²) in [5, 5.41) is 8.39. The molecule has 1 fully saturated rings. The van der Waals surface area contributed by atoms with Gasteiger partial charge in [-0.15, -0.1) is 0 Å². The molecular weight excluding hydrogens is 474 g/mol. The summed E-state index contributed by atoms with van der Waals surface area (Å²) in [5.74, 6) is 2.07. The number of aliphatic imine (C=N–C) groups is 1. The van der Waals surface area contributed by atoms with E-state index in [1.165, 1.54) is 5.56 Å². The highest BCUT2D eigenvalue weighted by Crippen LogP contribution is 2.43. The number of guanidine groups is 1. The highest BCUT2D eigenvalue weighted by molar-refractivity contribution is 6.21. The van der Waals surface area contributed by atoms with Crippen molar-refractivity contribution in [3.05, 3.63) is 89.6 Å². The van der Waals surface area contributed by atoms with Gasteiger partial charge in [0.05, 0.1) is 24.3 Å². The van der Waals surface area contributed by atoms with E-state index in [1.807, 2.05) is 54.3 Å². The molecule has 4 heterocycles. The number of aromatic nitrogens is 3. The number of pyridine rings is 1. The number of carbonyl (C=O) groups is 1. The van der Waals surface area contributed by atoms with Crippen LogP contribution in [0.25, 0.3) is 11.3 Å². The Morgan fingerprint density at radius 1 is 1.03 bits per heavy atom. The van der Waals surface area contributed by atoms with E-state index in [4.69, 9.17) is 10.1 Å². The third-order valence-electron chi connectivity index (χ3n) is 7.78. The van der Waals surface area contributed by atoms with Crippen LogP contribution in [0.5, 0.6) is 0 Å². The molecule has 8 heteroatoms. The van der Waals surface area contributed by atoms with Crippen LogP contribution in [0.4, 0.5) is 17.3 Å². The summed E-state index contributed by atoms with van der Waals surface area (Å²) in [7, 11) is 1.82. The highest BCUT2D eigenvalue weighted by atomic mass is 16.2. The Bertz CT molecular complexity index is 1560. The number of carbonyl (C=O) groups excluding carboxylic acids is 1. The molecule has 38 heavy (non-hydrogen) atoms. The van der Waals surface area contributed by atoms with E-state index in [1.54, 1.807) is 4.90 Å². The Labute approximate surface area is 221 Å². The second-order valence-electron chi connectivity index (χ2n) is 10.3. The molecule has 0 spiro atoms.